The van der Waals surface area contributed by atoms with Crippen molar-refractivity contribution in [2.24, 2.45) is 5.92 Å². The number of benzene rings is 1. The quantitative estimate of drug-likeness (QED) is 0.144. The van der Waals surface area contributed by atoms with Crippen LogP contribution >= 0.6 is 0 Å². The Morgan fingerprint density at radius 3 is 1.97 bits per heavy atom. The van der Waals surface area contributed by atoms with E-state index in [-0.39, 0.29) is 22.1 Å². The summed E-state index contributed by atoms with van der Waals surface area (Å²) in [5, 5.41) is 11.5. The van der Waals surface area contributed by atoms with Gasteiger partial charge in [-0.25, -0.2) is 0 Å². The molecule has 0 saturated carbocycles. The van der Waals surface area contributed by atoms with Crippen LogP contribution in [0.1, 0.15) is 67.4 Å². The van der Waals surface area contributed by atoms with E-state index < -0.39 is 22.7 Å². The van der Waals surface area contributed by atoms with Crippen molar-refractivity contribution in [3.8, 4) is 5.75 Å². The molecular formula is C30H56O5Si2. The average Bonchev–Trinajstić information content (AvgIpc) is 2.78. The summed E-state index contributed by atoms with van der Waals surface area (Å²) in [5.41, 5.74) is 2.00. The molecule has 7 heteroatoms. The van der Waals surface area contributed by atoms with E-state index >= 15 is 0 Å². The van der Waals surface area contributed by atoms with Crippen molar-refractivity contribution in [1.29, 1.82) is 0 Å². The highest BCUT2D eigenvalue weighted by molar-refractivity contribution is 6.74. The predicted molar refractivity (Wildman–Crippen MR) is 161 cm³/mol. The van der Waals surface area contributed by atoms with E-state index in [1.807, 2.05) is 37.3 Å². The van der Waals surface area contributed by atoms with E-state index in [1.165, 1.54) is 0 Å². The van der Waals surface area contributed by atoms with Gasteiger partial charge in [-0.3, -0.25) is 0 Å². The largest absolute Gasteiger partial charge is 0.497 e. The van der Waals surface area contributed by atoms with Gasteiger partial charge in [0.1, 0.15) is 5.75 Å². The lowest BCUT2D eigenvalue weighted by atomic mass is 9.91. The van der Waals surface area contributed by atoms with Crippen LogP contribution < -0.4 is 4.74 Å². The summed E-state index contributed by atoms with van der Waals surface area (Å²) in [6, 6.07) is 7.87. The Hall–Kier alpha value is -0.966. The van der Waals surface area contributed by atoms with Crippen LogP contribution in [0.25, 0.3) is 0 Å². The fourth-order valence-corrected chi connectivity index (χ4v) is 5.96. The number of aliphatic hydroxyl groups is 1. The molecule has 1 aromatic carbocycles. The number of methoxy groups -OCH3 is 1. The zero-order chi connectivity index (χ0) is 28.7. The molecule has 3 atom stereocenters. The van der Waals surface area contributed by atoms with Crippen LogP contribution in [0, 0.1) is 5.92 Å². The minimum atomic E-state index is -2.03. The summed E-state index contributed by atoms with van der Waals surface area (Å²) >= 11 is 0. The Morgan fingerprint density at radius 2 is 1.49 bits per heavy atom. The molecular weight excluding hydrogens is 496 g/mol. The maximum Gasteiger partial charge on any atom is 0.192 e. The maximum atomic E-state index is 11.3. The van der Waals surface area contributed by atoms with Crippen molar-refractivity contribution in [2.45, 2.75) is 117 Å². The van der Waals surface area contributed by atoms with Crippen LogP contribution in [-0.2, 0) is 20.2 Å². The topological polar surface area (TPSA) is 57.2 Å². The van der Waals surface area contributed by atoms with E-state index in [0.717, 1.165) is 23.3 Å². The summed E-state index contributed by atoms with van der Waals surface area (Å²) < 4.78 is 24.4. The summed E-state index contributed by atoms with van der Waals surface area (Å²) in [7, 11) is -2.21. The van der Waals surface area contributed by atoms with Gasteiger partial charge in [-0.05, 0) is 72.9 Å². The van der Waals surface area contributed by atoms with Crippen molar-refractivity contribution in [3.05, 3.63) is 41.5 Å². The van der Waals surface area contributed by atoms with Crippen LogP contribution in [0.4, 0.5) is 0 Å². The highest BCUT2D eigenvalue weighted by Crippen LogP contribution is 2.40. The summed E-state index contributed by atoms with van der Waals surface area (Å²) in [6.07, 6.45) is 2.08. The maximum absolute atomic E-state index is 11.3. The van der Waals surface area contributed by atoms with Gasteiger partial charge in [-0.1, -0.05) is 66.7 Å². The average molecular weight is 553 g/mol. The fraction of sp³-hybridized carbons (Fsp3) is 0.733. The lowest BCUT2D eigenvalue weighted by molar-refractivity contribution is 0.0327. The molecule has 0 fully saturated rings. The molecule has 0 heterocycles. The number of hydrogen-bond acceptors (Lipinski definition) is 5. The Balaban J connectivity index is 2.87. The second kappa shape index (κ2) is 13.9. The molecule has 0 unspecified atom stereocenters. The minimum absolute atomic E-state index is 0.0602. The SMILES string of the molecule is COc1ccc(COC/C=C(\C)[C@H](O)[C@@H](C)[C@H](CCO[Si](C)(C)C(C)(C)C)O[Si](C)(C)C(C)(C)C)cc1. The summed E-state index contributed by atoms with van der Waals surface area (Å²) in [5.74, 6) is 0.774. The predicted octanol–water partition coefficient (Wildman–Crippen LogP) is 7.96. The molecule has 1 N–H and O–H groups in total. The molecule has 0 aliphatic heterocycles. The Labute approximate surface area is 230 Å². The monoisotopic (exact) mass is 552 g/mol. The Morgan fingerprint density at radius 1 is 0.946 bits per heavy atom. The van der Waals surface area contributed by atoms with Crippen molar-refractivity contribution in [3.63, 3.8) is 0 Å². The molecule has 0 aliphatic rings. The van der Waals surface area contributed by atoms with Crippen molar-refractivity contribution in [1.82, 2.24) is 0 Å². The van der Waals surface area contributed by atoms with E-state index in [4.69, 9.17) is 18.3 Å². The van der Waals surface area contributed by atoms with Crippen molar-refractivity contribution < 1.29 is 23.4 Å². The first kappa shape index (κ1) is 34.1. The molecule has 1 aromatic rings. The smallest absolute Gasteiger partial charge is 0.192 e. The second-order valence-electron chi connectivity index (χ2n) is 13.4. The highest BCUT2D eigenvalue weighted by Gasteiger charge is 2.42. The minimum Gasteiger partial charge on any atom is -0.497 e. The molecule has 1 rings (SSSR count). The van der Waals surface area contributed by atoms with Gasteiger partial charge in [0.05, 0.1) is 32.5 Å². The van der Waals surface area contributed by atoms with E-state index in [0.29, 0.717) is 19.8 Å². The van der Waals surface area contributed by atoms with Gasteiger partial charge < -0.3 is 23.4 Å². The van der Waals surface area contributed by atoms with Gasteiger partial charge in [0.25, 0.3) is 0 Å². The van der Waals surface area contributed by atoms with Crippen LogP contribution in [0.3, 0.4) is 0 Å². The standard InChI is InChI=1S/C30H56O5Si2/c1-23(18-20-33-22-25-14-16-26(32-9)17-15-25)28(31)24(2)27(35-37(12,13)30(6,7)8)19-21-34-36(10,11)29(3,4)5/h14-18,24,27-28,31H,19-22H2,1-13H3/b23-18+/t24-,27-,28-/m0/s1. The summed E-state index contributed by atoms with van der Waals surface area (Å²) in [4.78, 5) is 0. The van der Waals surface area contributed by atoms with Crippen LogP contribution in [-0.4, -0.2) is 54.3 Å². The lowest BCUT2D eigenvalue weighted by Crippen LogP contribution is -2.48. The van der Waals surface area contributed by atoms with Gasteiger partial charge in [-0.15, -0.1) is 0 Å². The fourth-order valence-electron chi connectivity index (χ4n) is 3.46. The normalized spacial score (nSPS) is 16.4. The molecule has 37 heavy (non-hydrogen) atoms. The van der Waals surface area contributed by atoms with Crippen LogP contribution in [0.5, 0.6) is 5.75 Å². The summed E-state index contributed by atoms with van der Waals surface area (Å²) in [6.45, 7) is 28.4. The molecule has 5 nitrogen and oxygen atoms in total. The molecule has 0 aromatic heterocycles. The van der Waals surface area contributed by atoms with E-state index in [1.54, 1.807) is 7.11 Å². The third kappa shape index (κ3) is 10.6. The second-order valence-corrected chi connectivity index (χ2v) is 23.0. The zero-order valence-corrected chi connectivity index (χ0v) is 28.0. The van der Waals surface area contributed by atoms with Crippen molar-refractivity contribution >= 4 is 16.6 Å². The number of ether oxygens (including phenoxy) is 2. The molecule has 214 valence electrons. The molecule has 0 aliphatic carbocycles. The van der Waals surface area contributed by atoms with Crippen LogP contribution in [0.2, 0.25) is 36.3 Å². The Kier molecular flexibility index (Phi) is 12.8. The van der Waals surface area contributed by atoms with Gasteiger partial charge >= 0.3 is 0 Å². The molecule has 0 radical (unpaired) electrons. The first-order valence-corrected chi connectivity index (χ1v) is 19.5. The van der Waals surface area contributed by atoms with Gasteiger partial charge in [0.2, 0.25) is 0 Å². The third-order valence-electron chi connectivity index (χ3n) is 8.43. The highest BCUT2D eigenvalue weighted by atomic mass is 28.4. The van der Waals surface area contributed by atoms with Gasteiger partial charge in [-0.2, -0.15) is 0 Å². The van der Waals surface area contributed by atoms with Gasteiger partial charge in [0.15, 0.2) is 16.6 Å². The third-order valence-corrected chi connectivity index (χ3v) is 17.5. The molecule has 0 amide bonds. The number of hydrogen-bond donors (Lipinski definition) is 1. The first-order chi connectivity index (χ1) is 16.8. The molecule has 0 bridgehead atoms. The zero-order valence-electron chi connectivity index (χ0n) is 26.0. The lowest BCUT2D eigenvalue weighted by Gasteiger charge is -2.42. The van der Waals surface area contributed by atoms with Gasteiger partial charge in [0, 0.05) is 12.5 Å². The van der Waals surface area contributed by atoms with Crippen molar-refractivity contribution in [2.75, 3.05) is 20.3 Å². The van der Waals surface area contributed by atoms with E-state index in [9.17, 15) is 5.11 Å². The first-order valence-electron chi connectivity index (χ1n) is 13.7. The Bertz CT molecular complexity index is 835. The van der Waals surface area contributed by atoms with E-state index in [2.05, 4.69) is 74.7 Å². The molecule has 0 saturated heterocycles. The molecule has 0 spiro atoms. The number of aliphatic hydroxyl groups excluding tert-OH is 1. The van der Waals surface area contributed by atoms with Crippen LogP contribution in [0.15, 0.2) is 35.9 Å². The number of rotatable bonds is 14.